The average molecular weight is 313 g/mol. The van der Waals surface area contributed by atoms with Crippen LogP contribution in [0.5, 0.6) is 0 Å². The van der Waals surface area contributed by atoms with E-state index >= 15 is 0 Å². The van der Waals surface area contributed by atoms with Crippen molar-refractivity contribution in [3.05, 3.63) is 33.9 Å². The molecule has 1 N–H and O–H groups in total. The van der Waals surface area contributed by atoms with E-state index in [1.807, 2.05) is 0 Å². The van der Waals surface area contributed by atoms with Crippen LogP contribution in [0.1, 0.15) is 18.4 Å². The van der Waals surface area contributed by atoms with Gasteiger partial charge in [0.25, 0.3) is 5.69 Å². The standard InChI is InChI=1S/C13H19N3O4S/c1-10-12(16(17)18)6-3-7-13(10)21(19,20)15-8-4-5-11(9-15)14-2/h3,6-7,11,14H,4-5,8-9H2,1-2H3. The Morgan fingerprint density at radius 2 is 2.14 bits per heavy atom. The van der Waals surface area contributed by atoms with Gasteiger partial charge in [0, 0.05) is 30.8 Å². The van der Waals surface area contributed by atoms with Crippen LogP contribution in [0.15, 0.2) is 23.1 Å². The van der Waals surface area contributed by atoms with Crippen molar-refractivity contribution >= 4 is 15.7 Å². The van der Waals surface area contributed by atoms with E-state index in [4.69, 9.17) is 0 Å². The molecule has 1 aliphatic heterocycles. The highest BCUT2D eigenvalue weighted by Crippen LogP contribution is 2.28. The van der Waals surface area contributed by atoms with Gasteiger partial charge in [-0.25, -0.2) is 8.42 Å². The van der Waals surface area contributed by atoms with Gasteiger partial charge < -0.3 is 5.32 Å². The van der Waals surface area contributed by atoms with E-state index in [2.05, 4.69) is 5.32 Å². The molecule has 0 spiro atoms. The Morgan fingerprint density at radius 3 is 2.76 bits per heavy atom. The van der Waals surface area contributed by atoms with Crippen LogP contribution in [0.2, 0.25) is 0 Å². The Hall–Kier alpha value is -1.51. The molecule has 8 heteroatoms. The van der Waals surface area contributed by atoms with E-state index in [1.165, 1.54) is 29.4 Å². The third kappa shape index (κ3) is 3.07. The van der Waals surface area contributed by atoms with E-state index < -0.39 is 14.9 Å². The first kappa shape index (κ1) is 15.9. The highest BCUT2D eigenvalue weighted by molar-refractivity contribution is 7.89. The van der Waals surface area contributed by atoms with Gasteiger partial charge in [-0.1, -0.05) is 6.07 Å². The lowest BCUT2D eigenvalue weighted by atomic mass is 10.1. The number of nitro benzene ring substituents is 1. The maximum Gasteiger partial charge on any atom is 0.273 e. The van der Waals surface area contributed by atoms with Crippen LogP contribution < -0.4 is 5.32 Å². The van der Waals surface area contributed by atoms with Gasteiger partial charge in [0.15, 0.2) is 0 Å². The number of likely N-dealkylation sites (N-methyl/N-ethyl adjacent to an activating group) is 1. The lowest BCUT2D eigenvalue weighted by Gasteiger charge is -2.32. The molecule has 1 aliphatic rings. The molecule has 0 saturated carbocycles. The molecule has 1 unspecified atom stereocenters. The lowest BCUT2D eigenvalue weighted by Crippen LogP contribution is -2.46. The molecule has 0 radical (unpaired) electrons. The van der Waals surface area contributed by atoms with Crippen LogP contribution in [0.3, 0.4) is 0 Å². The molecule has 0 aromatic heterocycles. The minimum atomic E-state index is -3.70. The van der Waals surface area contributed by atoms with E-state index in [9.17, 15) is 18.5 Å². The Bertz CT molecular complexity index is 645. The predicted octanol–water partition coefficient (Wildman–Crippen LogP) is 1.28. The van der Waals surface area contributed by atoms with E-state index in [1.54, 1.807) is 7.05 Å². The van der Waals surface area contributed by atoms with E-state index in [-0.39, 0.29) is 22.2 Å². The second-order valence-corrected chi connectivity index (χ2v) is 7.05. The Morgan fingerprint density at radius 1 is 1.43 bits per heavy atom. The van der Waals surface area contributed by atoms with Crippen molar-refractivity contribution in [2.24, 2.45) is 0 Å². The number of sulfonamides is 1. The van der Waals surface area contributed by atoms with Gasteiger partial charge >= 0.3 is 0 Å². The van der Waals surface area contributed by atoms with E-state index in [0.717, 1.165) is 12.8 Å². The van der Waals surface area contributed by atoms with Crippen molar-refractivity contribution in [3.63, 3.8) is 0 Å². The third-order valence-electron chi connectivity index (χ3n) is 3.86. The maximum atomic E-state index is 12.7. The van der Waals surface area contributed by atoms with Crippen molar-refractivity contribution in [1.82, 2.24) is 9.62 Å². The summed E-state index contributed by atoms with van der Waals surface area (Å²) >= 11 is 0. The second-order valence-electron chi connectivity index (χ2n) is 5.15. The molecule has 21 heavy (non-hydrogen) atoms. The fraction of sp³-hybridized carbons (Fsp3) is 0.538. The summed E-state index contributed by atoms with van der Waals surface area (Å²) in [7, 11) is -1.90. The summed E-state index contributed by atoms with van der Waals surface area (Å²) in [5.74, 6) is 0. The van der Waals surface area contributed by atoms with Gasteiger partial charge in [0.05, 0.1) is 9.82 Å². The molecular formula is C13H19N3O4S. The molecular weight excluding hydrogens is 294 g/mol. The summed E-state index contributed by atoms with van der Waals surface area (Å²) < 4.78 is 26.8. The largest absolute Gasteiger partial charge is 0.316 e. The van der Waals surface area contributed by atoms with Crippen molar-refractivity contribution < 1.29 is 13.3 Å². The smallest absolute Gasteiger partial charge is 0.273 e. The number of nitro groups is 1. The first-order valence-corrected chi connectivity index (χ1v) is 8.23. The zero-order chi connectivity index (χ0) is 15.6. The minimum Gasteiger partial charge on any atom is -0.316 e. The van der Waals surface area contributed by atoms with Crippen molar-refractivity contribution in [2.45, 2.75) is 30.7 Å². The number of benzene rings is 1. The first-order valence-electron chi connectivity index (χ1n) is 6.79. The Labute approximate surface area is 124 Å². The highest BCUT2D eigenvalue weighted by Gasteiger charge is 2.32. The number of piperidine rings is 1. The topological polar surface area (TPSA) is 92.6 Å². The molecule has 0 amide bonds. The molecule has 0 bridgehead atoms. The lowest BCUT2D eigenvalue weighted by molar-refractivity contribution is -0.385. The van der Waals surface area contributed by atoms with Crippen LogP contribution in [0.25, 0.3) is 0 Å². The summed E-state index contributed by atoms with van der Waals surface area (Å²) in [4.78, 5) is 10.4. The summed E-state index contributed by atoms with van der Waals surface area (Å²) in [6.45, 7) is 2.31. The number of hydrogen-bond acceptors (Lipinski definition) is 5. The van der Waals surface area contributed by atoms with Gasteiger partial charge in [0.1, 0.15) is 0 Å². The molecule has 116 valence electrons. The molecule has 1 heterocycles. The monoisotopic (exact) mass is 313 g/mol. The predicted molar refractivity (Wildman–Crippen MR) is 78.7 cm³/mol. The normalized spacial score (nSPS) is 20.4. The van der Waals surface area contributed by atoms with Crippen molar-refractivity contribution in [1.29, 1.82) is 0 Å². The number of nitrogens with one attached hydrogen (secondary N) is 1. The first-order chi connectivity index (χ1) is 9.87. The number of rotatable bonds is 4. The Kier molecular flexibility index (Phi) is 4.60. The van der Waals surface area contributed by atoms with Crippen LogP contribution in [0.4, 0.5) is 5.69 Å². The molecule has 0 aliphatic carbocycles. The van der Waals surface area contributed by atoms with Gasteiger partial charge in [-0.15, -0.1) is 0 Å². The van der Waals surface area contributed by atoms with Gasteiger partial charge in [-0.2, -0.15) is 4.31 Å². The van der Waals surface area contributed by atoms with Crippen LogP contribution in [0, 0.1) is 17.0 Å². The summed E-state index contributed by atoms with van der Waals surface area (Å²) in [6, 6.07) is 4.28. The van der Waals surface area contributed by atoms with Gasteiger partial charge in [0.2, 0.25) is 10.0 Å². The maximum absolute atomic E-state index is 12.7. The summed E-state index contributed by atoms with van der Waals surface area (Å²) in [6.07, 6.45) is 1.70. The highest BCUT2D eigenvalue weighted by atomic mass is 32.2. The quantitative estimate of drug-likeness (QED) is 0.667. The minimum absolute atomic E-state index is 0.0217. The molecule has 1 aromatic rings. The summed E-state index contributed by atoms with van der Waals surface area (Å²) in [5, 5.41) is 14.1. The molecule has 2 rings (SSSR count). The van der Waals surface area contributed by atoms with E-state index in [0.29, 0.717) is 13.1 Å². The number of nitrogens with zero attached hydrogens (tertiary/aromatic N) is 2. The van der Waals surface area contributed by atoms with Crippen LogP contribution in [-0.4, -0.2) is 43.8 Å². The van der Waals surface area contributed by atoms with Crippen molar-refractivity contribution in [3.8, 4) is 0 Å². The van der Waals surface area contributed by atoms with Crippen LogP contribution >= 0.6 is 0 Å². The molecule has 1 saturated heterocycles. The SMILES string of the molecule is CNC1CCCN(S(=O)(=O)c2cccc([N+](=O)[O-])c2C)C1. The van der Waals surface area contributed by atoms with Crippen molar-refractivity contribution in [2.75, 3.05) is 20.1 Å². The fourth-order valence-corrected chi connectivity index (χ4v) is 4.38. The van der Waals surface area contributed by atoms with Gasteiger partial charge in [-0.3, -0.25) is 10.1 Å². The second kappa shape index (κ2) is 6.08. The zero-order valence-electron chi connectivity index (χ0n) is 12.1. The Balaban J connectivity index is 2.40. The van der Waals surface area contributed by atoms with Gasteiger partial charge in [-0.05, 0) is 32.9 Å². The number of hydrogen-bond donors (Lipinski definition) is 1. The third-order valence-corrected chi connectivity index (χ3v) is 5.87. The zero-order valence-corrected chi connectivity index (χ0v) is 12.9. The molecule has 1 atom stereocenters. The molecule has 1 aromatic carbocycles. The molecule has 1 fully saturated rings. The molecule has 7 nitrogen and oxygen atoms in total. The summed E-state index contributed by atoms with van der Waals surface area (Å²) in [5.41, 5.74) is 0.0207. The van der Waals surface area contributed by atoms with Crippen LogP contribution in [-0.2, 0) is 10.0 Å². The average Bonchev–Trinajstić information content (AvgIpc) is 2.47. The fourth-order valence-electron chi connectivity index (χ4n) is 2.62.